The van der Waals surface area contributed by atoms with Crippen LogP contribution in [0.1, 0.15) is 13.3 Å². The van der Waals surface area contributed by atoms with Crippen LogP contribution in [0.5, 0.6) is 0 Å². The number of halogens is 1. The first-order valence-corrected chi connectivity index (χ1v) is 6.40. The number of hydrogen-bond acceptors (Lipinski definition) is 3. The second kappa shape index (κ2) is 5.14. The van der Waals surface area contributed by atoms with Gasteiger partial charge in [0.05, 0.1) is 4.47 Å². The molecule has 1 fully saturated rings. The summed E-state index contributed by atoms with van der Waals surface area (Å²) in [6.07, 6.45) is 2.27. The molecule has 2 rings (SSSR count). The molecule has 1 aromatic rings. The Hall–Kier alpha value is -0.940. The van der Waals surface area contributed by atoms with Crippen molar-refractivity contribution in [3.8, 4) is 0 Å². The fourth-order valence-corrected chi connectivity index (χ4v) is 2.45. The largest absolute Gasteiger partial charge is 0.368 e. The van der Waals surface area contributed by atoms with Crippen LogP contribution >= 0.6 is 15.9 Å². The molecule has 0 aliphatic carbocycles. The molecular formula is C12H15BrN2O2. The molecule has 1 aromatic heterocycles. The topological polar surface area (TPSA) is 42.4 Å². The van der Waals surface area contributed by atoms with Crippen LogP contribution in [0.15, 0.2) is 22.8 Å². The lowest BCUT2D eigenvalue weighted by Crippen LogP contribution is -2.39. The van der Waals surface area contributed by atoms with Gasteiger partial charge in [-0.15, -0.1) is 0 Å². The first-order valence-electron chi connectivity index (χ1n) is 5.61. The van der Waals surface area contributed by atoms with Crippen molar-refractivity contribution < 1.29 is 9.53 Å². The minimum atomic E-state index is -0.339. The van der Waals surface area contributed by atoms with E-state index >= 15 is 0 Å². The van der Waals surface area contributed by atoms with E-state index in [9.17, 15) is 4.79 Å². The highest BCUT2D eigenvalue weighted by Crippen LogP contribution is 2.26. The second-order valence-corrected chi connectivity index (χ2v) is 5.12. The lowest BCUT2D eigenvalue weighted by atomic mass is 10.0. The Balaban J connectivity index is 2.17. The third-order valence-corrected chi connectivity index (χ3v) is 3.64. The Morgan fingerprint density at radius 2 is 2.41 bits per heavy atom. The third-order valence-electron chi connectivity index (χ3n) is 3.02. The van der Waals surface area contributed by atoms with Crippen molar-refractivity contribution in [2.75, 3.05) is 18.6 Å². The SMILES string of the molecule is C[C@@H]1CCO[C@H]1C(=O)N(C)c1ncccc1Br. The minimum absolute atomic E-state index is 0.0330. The first kappa shape index (κ1) is 12.5. The molecule has 4 nitrogen and oxygen atoms in total. The molecule has 1 aliphatic rings. The van der Waals surface area contributed by atoms with E-state index in [0.717, 1.165) is 10.9 Å². The maximum atomic E-state index is 12.2. The van der Waals surface area contributed by atoms with Gasteiger partial charge in [-0.25, -0.2) is 4.98 Å². The van der Waals surface area contributed by atoms with Crippen molar-refractivity contribution in [2.24, 2.45) is 5.92 Å². The maximum absolute atomic E-state index is 12.2. The molecule has 17 heavy (non-hydrogen) atoms. The molecule has 2 heterocycles. The normalized spacial score (nSPS) is 23.7. The van der Waals surface area contributed by atoms with Crippen LogP contribution in [-0.4, -0.2) is 30.6 Å². The molecule has 0 aromatic carbocycles. The van der Waals surface area contributed by atoms with Crippen molar-refractivity contribution in [2.45, 2.75) is 19.4 Å². The van der Waals surface area contributed by atoms with Gasteiger partial charge >= 0.3 is 0 Å². The summed E-state index contributed by atoms with van der Waals surface area (Å²) in [6, 6.07) is 3.69. The van der Waals surface area contributed by atoms with E-state index in [1.807, 2.05) is 19.1 Å². The Morgan fingerprint density at radius 1 is 1.65 bits per heavy atom. The van der Waals surface area contributed by atoms with E-state index in [-0.39, 0.29) is 17.9 Å². The fourth-order valence-electron chi connectivity index (χ4n) is 1.93. The van der Waals surface area contributed by atoms with Crippen LogP contribution in [0.25, 0.3) is 0 Å². The van der Waals surface area contributed by atoms with Gasteiger partial charge in [-0.1, -0.05) is 6.92 Å². The number of likely N-dealkylation sites (N-methyl/N-ethyl adjacent to an activating group) is 1. The summed E-state index contributed by atoms with van der Waals surface area (Å²) in [4.78, 5) is 18.0. The molecule has 0 bridgehead atoms. The number of aromatic nitrogens is 1. The predicted octanol–water partition coefficient (Wildman–Crippen LogP) is 2.23. The van der Waals surface area contributed by atoms with Gasteiger partial charge in [0.25, 0.3) is 5.91 Å². The van der Waals surface area contributed by atoms with E-state index < -0.39 is 0 Å². The van der Waals surface area contributed by atoms with Crippen LogP contribution in [-0.2, 0) is 9.53 Å². The molecule has 1 saturated heterocycles. The summed E-state index contributed by atoms with van der Waals surface area (Å²) < 4.78 is 6.28. The minimum Gasteiger partial charge on any atom is -0.368 e. The van der Waals surface area contributed by atoms with Crippen molar-refractivity contribution in [3.63, 3.8) is 0 Å². The third kappa shape index (κ3) is 2.50. The highest BCUT2D eigenvalue weighted by atomic mass is 79.9. The zero-order chi connectivity index (χ0) is 12.4. The number of anilines is 1. The lowest BCUT2D eigenvalue weighted by Gasteiger charge is -2.22. The second-order valence-electron chi connectivity index (χ2n) is 4.26. The fraction of sp³-hybridized carbons (Fsp3) is 0.500. The first-order chi connectivity index (χ1) is 8.11. The molecule has 92 valence electrons. The maximum Gasteiger partial charge on any atom is 0.257 e. The lowest BCUT2D eigenvalue weighted by molar-refractivity contribution is -0.128. The van der Waals surface area contributed by atoms with Gasteiger partial charge in [0, 0.05) is 19.9 Å². The summed E-state index contributed by atoms with van der Waals surface area (Å²) in [6.45, 7) is 2.70. The number of ether oxygens (including phenoxy) is 1. The predicted molar refractivity (Wildman–Crippen MR) is 68.9 cm³/mol. The van der Waals surface area contributed by atoms with Gasteiger partial charge in [-0.3, -0.25) is 9.69 Å². The summed E-state index contributed by atoms with van der Waals surface area (Å²) in [5.41, 5.74) is 0. The highest BCUT2D eigenvalue weighted by Gasteiger charge is 2.34. The number of carbonyl (C=O) groups is 1. The van der Waals surface area contributed by atoms with E-state index in [0.29, 0.717) is 12.4 Å². The summed E-state index contributed by atoms with van der Waals surface area (Å²) in [5, 5.41) is 0. The Morgan fingerprint density at radius 3 is 3.00 bits per heavy atom. The number of carbonyl (C=O) groups excluding carboxylic acids is 1. The molecule has 0 radical (unpaired) electrons. The Labute approximate surface area is 109 Å². The standard InChI is InChI=1S/C12H15BrN2O2/c1-8-5-7-17-10(8)12(16)15(2)11-9(13)4-3-6-14-11/h3-4,6,8,10H,5,7H2,1-2H3/t8-,10-/m1/s1. The Kier molecular flexibility index (Phi) is 3.79. The molecule has 1 aliphatic heterocycles. The quantitative estimate of drug-likeness (QED) is 0.841. The van der Waals surface area contributed by atoms with Crippen LogP contribution < -0.4 is 4.90 Å². The van der Waals surface area contributed by atoms with Crippen molar-refractivity contribution in [1.82, 2.24) is 4.98 Å². The van der Waals surface area contributed by atoms with Crippen molar-refractivity contribution >= 4 is 27.7 Å². The van der Waals surface area contributed by atoms with Crippen LogP contribution in [0.3, 0.4) is 0 Å². The van der Waals surface area contributed by atoms with Gasteiger partial charge in [0.2, 0.25) is 0 Å². The van der Waals surface area contributed by atoms with E-state index in [4.69, 9.17) is 4.74 Å². The van der Waals surface area contributed by atoms with Crippen molar-refractivity contribution in [3.05, 3.63) is 22.8 Å². The average Bonchev–Trinajstić information content (AvgIpc) is 2.74. The number of hydrogen-bond donors (Lipinski definition) is 0. The number of pyridine rings is 1. The van der Waals surface area contributed by atoms with Gasteiger partial charge in [0.15, 0.2) is 0 Å². The van der Waals surface area contributed by atoms with E-state index in [2.05, 4.69) is 20.9 Å². The summed E-state index contributed by atoms with van der Waals surface area (Å²) >= 11 is 3.39. The zero-order valence-electron chi connectivity index (χ0n) is 9.89. The van der Waals surface area contributed by atoms with E-state index in [1.54, 1.807) is 18.1 Å². The molecule has 0 N–H and O–H groups in total. The van der Waals surface area contributed by atoms with Crippen molar-refractivity contribution in [1.29, 1.82) is 0 Å². The molecule has 2 atom stereocenters. The monoisotopic (exact) mass is 298 g/mol. The smallest absolute Gasteiger partial charge is 0.257 e. The zero-order valence-corrected chi connectivity index (χ0v) is 11.5. The van der Waals surface area contributed by atoms with Gasteiger partial charge in [-0.2, -0.15) is 0 Å². The van der Waals surface area contributed by atoms with Gasteiger partial charge in [-0.05, 0) is 40.4 Å². The molecule has 0 spiro atoms. The Bertz CT molecular complexity index is 425. The van der Waals surface area contributed by atoms with E-state index in [1.165, 1.54) is 0 Å². The molecular weight excluding hydrogens is 284 g/mol. The number of rotatable bonds is 2. The molecule has 5 heteroatoms. The van der Waals surface area contributed by atoms with Gasteiger partial charge in [0.1, 0.15) is 11.9 Å². The van der Waals surface area contributed by atoms with Crippen LogP contribution in [0.4, 0.5) is 5.82 Å². The van der Waals surface area contributed by atoms with Crippen LogP contribution in [0.2, 0.25) is 0 Å². The molecule has 0 saturated carbocycles. The summed E-state index contributed by atoms with van der Waals surface area (Å²) in [5.74, 6) is 0.863. The average molecular weight is 299 g/mol. The molecule has 0 unspecified atom stereocenters. The summed E-state index contributed by atoms with van der Waals surface area (Å²) in [7, 11) is 1.73. The van der Waals surface area contributed by atoms with Crippen LogP contribution in [0, 0.1) is 5.92 Å². The highest BCUT2D eigenvalue weighted by molar-refractivity contribution is 9.10. The molecule has 1 amide bonds. The number of nitrogens with zero attached hydrogens (tertiary/aromatic N) is 2. The van der Waals surface area contributed by atoms with Gasteiger partial charge < -0.3 is 4.74 Å². The number of amides is 1.